The summed E-state index contributed by atoms with van der Waals surface area (Å²) in [5.41, 5.74) is 1.76. The molecule has 0 aliphatic heterocycles. The first-order valence-corrected chi connectivity index (χ1v) is 5.90. The average Bonchev–Trinajstić information content (AvgIpc) is 2.72. The summed E-state index contributed by atoms with van der Waals surface area (Å²) >= 11 is 12.3. The van der Waals surface area contributed by atoms with Crippen molar-refractivity contribution in [3.8, 4) is 11.6 Å². The molecular weight excluding hydrogens is 273 g/mol. The van der Waals surface area contributed by atoms with Gasteiger partial charge in [-0.05, 0) is 18.2 Å². The van der Waals surface area contributed by atoms with Crippen molar-refractivity contribution in [3.05, 3.63) is 46.7 Å². The summed E-state index contributed by atoms with van der Waals surface area (Å²) in [4.78, 5) is 8.22. The van der Waals surface area contributed by atoms with E-state index >= 15 is 0 Å². The Kier molecular flexibility index (Phi) is 2.61. The smallest absolute Gasteiger partial charge is 0.212 e. The molecule has 4 nitrogen and oxygen atoms in total. The fraction of sp³-hybridized carbons (Fsp3) is 0. The van der Waals surface area contributed by atoms with Gasteiger partial charge in [-0.15, -0.1) is 0 Å². The third-order valence-corrected chi connectivity index (χ3v) is 3.17. The Hall–Kier alpha value is -1.78. The van der Waals surface area contributed by atoms with E-state index in [1.165, 1.54) is 6.07 Å². The molecule has 0 amide bonds. The highest BCUT2D eigenvalue weighted by Crippen LogP contribution is 2.30. The summed E-state index contributed by atoms with van der Waals surface area (Å²) in [6.07, 6.45) is 1.57. The molecule has 2 heterocycles. The Morgan fingerprint density at radius 1 is 1.06 bits per heavy atom. The molecule has 0 unspecified atom stereocenters. The Morgan fingerprint density at radius 3 is 2.50 bits per heavy atom. The lowest BCUT2D eigenvalue weighted by Crippen LogP contribution is -1.96. The highest BCUT2D eigenvalue weighted by molar-refractivity contribution is 6.37. The zero-order valence-corrected chi connectivity index (χ0v) is 10.5. The van der Waals surface area contributed by atoms with E-state index in [1.807, 2.05) is 0 Å². The Bertz CT molecular complexity index is 719. The van der Waals surface area contributed by atoms with E-state index in [-0.39, 0.29) is 5.88 Å². The van der Waals surface area contributed by atoms with Gasteiger partial charge in [0.1, 0.15) is 11.8 Å². The number of pyridine rings is 1. The van der Waals surface area contributed by atoms with E-state index in [9.17, 15) is 5.11 Å². The van der Waals surface area contributed by atoms with Crippen LogP contribution in [-0.4, -0.2) is 19.6 Å². The monoisotopic (exact) mass is 279 g/mol. The minimum Gasteiger partial charge on any atom is -0.493 e. The van der Waals surface area contributed by atoms with Gasteiger partial charge in [-0.2, -0.15) is 4.98 Å². The van der Waals surface area contributed by atoms with Gasteiger partial charge < -0.3 is 5.11 Å². The molecule has 3 aromatic rings. The normalized spacial score (nSPS) is 11.0. The number of hydrogen-bond donors (Lipinski definition) is 1. The zero-order valence-electron chi connectivity index (χ0n) is 9.01. The molecule has 0 atom stereocenters. The van der Waals surface area contributed by atoms with Crippen LogP contribution < -0.4 is 0 Å². The van der Waals surface area contributed by atoms with Crippen molar-refractivity contribution in [1.29, 1.82) is 0 Å². The maximum Gasteiger partial charge on any atom is 0.212 e. The lowest BCUT2D eigenvalue weighted by Gasteiger charge is -2.08. The molecule has 1 N–H and O–H groups in total. The second-order valence-electron chi connectivity index (χ2n) is 3.70. The third-order valence-electron chi connectivity index (χ3n) is 2.56. The number of para-hydroxylation sites is 1. The van der Waals surface area contributed by atoms with E-state index in [4.69, 9.17) is 23.2 Å². The molecule has 0 aliphatic carbocycles. The molecule has 0 saturated carbocycles. The minimum atomic E-state index is -0.0765. The summed E-state index contributed by atoms with van der Waals surface area (Å²) in [6.45, 7) is 0. The van der Waals surface area contributed by atoms with Crippen molar-refractivity contribution in [1.82, 2.24) is 14.5 Å². The first-order chi connectivity index (χ1) is 8.66. The van der Waals surface area contributed by atoms with Crippen LogP contribution in [0.15, 0.2) is 36.7 Å². The van der Waals surface area contributed by atoms with Gasteiger partial charge in [-0.3, -0.25) is 4.57 Å². The van der Waals surface area contributed by atoms with Gasteiger partial charge in [0.2, 0.25) is 5.88 Å². The predicted molar refractivity (Wildman–Crippen MR) is 70.5 cm³/mol. The van der Waals surface area contributed by atoms with Crippen LogP contribution in [0.3, 0.4) is 0 Å². The summed E-state index contributed by atoms with van der Waals surface area (Å²) in [7, 11) is 0. The third kappa shape index (κ3) is 1.70. The van der Waals surface area contributed by atoms with Gasteiger partial charge in [-0.1, -0.05) is 29.3 Å². The molecule has 6 heteroatoms. The summed E-state index contributed by atoms with van der Waals surface area (Å²) in [6, 6.07) is 8.39. The van der Waals surface area contributed by atoms with Crippen molar-refractivity contribution in [2.24, 2.45) is 0 Å². The van der Waals surface area contributed by atoms with Crippen molar-refractivity contribution in [2.45, 2.75) is 0 Å². The topological polar surface area (TPSA) is 50.9 Å². The van der Waals surface area contributed by atoms with E-state index in [2.05, 4.69) is 9.97 Å². The molecule has 0 saturated heterocycles. The number of hydrogen-bond acceptors (Lipinski definition) is 3. The molecular formula is C12H7Cl2N3O. The number of nitrogens with zero attached hydrogens (tertiary/aromatic N) is 3. The van der Waals surface area contributed by atoms with Crippen LogP contribution in [0.25, 0.3) is 16.9 Å². The average molecular weight is 280 g/mol. The number of rotatable bonds is 1. The van der Waals surface area contributed by atoms with Crippen LogP contribution >= 0.6 is 23.2 Å². The first-order valence-electron chi connectivity index (χ1n) is 5.14. The van der Waals surface area contributed by atoms with Gasteiger partial charge in [0.05, 0.1) is 15.7 Å². The van der Waals surface area contributed by atoms with Crippen LogP contribution in [0.1, 0.15) is 0 Å². The molecule has 2 aromatic heterocycles. The lowest BCUT2D eigenvalue weighted by atomic mass is 10.3. The number of imidazole rings is 1. The Labute approximate surface area is 112 Å². The maximum absolute atomic E-state index is 9.44. The summed E-state index contributed by atoms with van der Waals surface area (Å²) in [5, 5.41) is 10.4. The van der Waals surface area contributed by atoms with E-state index in [0.717, 1.165) is 0 Å². The predicted octanol–water partition coefficient (Wildman–Crippen LogP) is 3.43. The molecule has 18 heavy (non-hydrogen) atoms. The highest BCUT2D eigenvalue weighted by atomic mass is 35.5. The van der Waals surface area contributed by atoms with E-state index < -0.39 is 0 Å². The van der Waals surface area contributed by atoms with Gasteiger partial charge in [0.15, 0.2) is 5.65 Å². The second kappa shape index (κ2) is 4.15. The summed E-state index contributed by atoms with van der Waals surface area (Å²) < 4.78 is 1.65. The largest absolute Gasteiger partial charge is 0.493 e. The zero-order chi connectivity index (χ0) is 12.7. The number of aromatic nitrogens is 3. The molecule has 0 bridgehead atoms. The molecule has 90 valence electrons. The van der Waals surface area contributed by atoms with Gasteiger partial charge in [-0.25, -0.2) is 4.98 Å². The fourth-order valence-electron chi connectivity index (χ4n) is 1.77. The SMILES string of the molecule is Oc1ccc2ncn(-c3c(Cl)cccc3Cl)c2n1. The number of fused-ring (bicyclic) bond motifs is 1. The molecule has 0 aliphatic rings. The molecule has 1 aromatic carbocycles. The fourth-order valence-corrected chi connectivity index (χ4v) is 2.35. The minimum absolute atomic E-state index is 0.0765. The van der Waals surface area contributed by atoms with Gasteiger partial charge >= 0.3 is 0 Å². The van der Waals surface area contributed by atoms with Crippen LogP contribution in [0.5, 0.6) is 5.88 Å². The number of halogens is 2. The molecule has 0 radical (unpaired) electrons. The first kappa shape index (κ1) is 11.3. The van der Waals surface area contributed by atoms with Gasteiger partial charge in [0, 0.05) is 6.07 Å². The van der Waals surface area contributed by atoms with Crippen LogP contribution in [0.4, 0.5) is 0 Å². The molecule has 0 fully saturated rings. The van der Waals surface area contributed by atoms with E-state index in [1.54, 1.807) is 35.2 Å². The van der Waals surface area contributed by atoms with Crippen molar-refractivity contribution < 1.29 is 5.11 Å². The van der Waals surface area contributed by atoms with Crippen molar-refractivity contribution >= 4 is 34.4 Å². The summed E-state index contributed by atoms with van der Waals surface area (Å²) in [5.74, 6) is -0.0765. The lowest BCUT2D eigenvalue weighted by molar-refractivity contribution is 0.455. The van der Waals surface area contributed by atoms with Crippen LogP contribution in [-0.2, 0) is 0 Å². The highest BCUT2D eigenvalue weighted by Gasteiger charge is 2.12. The Morgan fingerprint density at radius 2 is 1.78 bits per heavy atom. The number of aromatic hydroxyl groups is 1. The quantitative estimate of drug-likeness (QED) is 0.743. The van der Waals surface area contributed by atoms with Gasteiger partial charge in [0.25, 0.3) is 0 Å². The van der Waals surface area contributed by atoms with Crippen LogP contribution in [0.2, 0.25) is 10.0 Å². The second-order valence-corrected chi connectivity index (χ2v) is 4.51. The van der Waals surface area contributed by atoms with Crippen LogP contribution in [0, 0.1) is 0 Å². The molecule has 0 spiro atoms. The molecule has 3 rings (SSSR count). The standard InChI is InChI=1S/C12H7Cl2N3O/c13-7-2-1-3-8(14)11(7)17-6-15-9-4-5-10(18)16-12(9)17/h1-6H,(H,16,18). The number of benzene rings is 1. The van der Waals surface area contributed by atoms with Crippen molar-refractivity contribution in [2.75, 3.05) is 0 Å². The maximum atomic E-state index is 9.44. The van der Waals surface area contributed by atoms with E-state index in [0.29, 0.717) is 26.9 Å². The Balaban J connectivity index is 2.35. The van der Waals surface area contributed by atoms with Crippen molar-refractivity contribution in [3.63, 3.8) is 0 Å².